The predicted octanol–water partition coefficient (Wildman–Crippen LogP) is 1.50. The first-order valence-corrected chi connectivity index (χ1v) is 7.76. The van der Waals surface area contributed by atoms with Crippen LogP contribution >= 0.6 is 24.8 Å². The van der Waals surface area contributed by atoms with Crippen LogP contribution in [0.3, 0.4) is 0 Å². The van der Waals surface area contributed by atoms with Gasteiger partial charge in [-0.05, 0) is 38.9 Å². The molecule has 0 radical (unpaired) electrons. The van der Waals surface area contributed by atoms with Crippen LogP contribution in [0.5, 0.6) is 0 Å². The lowest BCUT2D eigenvalue weighted by molar-refractivity contribution is -0.126. The smallest absolute Gasteiger partial charge is 0.253 e. The van der Waals surface area contributed by atoms with Crippen LogP contribution < -0.4 is 10.6 Å². The van der Waals surface area contributed by atoms with Gasteiger partial charge in [0, 0.05) is 43.6 Å². The Bertz CT molecular complexity index is 516. The predicted molar refractivity (Wildman–Crippen MR) is 98.9 cm³/mol. The number of nitrogens with zero attached hydrogens (tertiary/aromatic N) is 2. The summed E-state index contributed by atoms with van der Waals surface area (Å²) in [5.41, 5.74) is 0.625. The minimum atomic E-state index is -0.122. The van der Waals surface area contributed by atoms with E-state index in [1.54, 1.807) is 29.4 Å². The molecule has 1 aliphatic heterocycles. The van der Waals surface area contributed by atoms with Gasteiger partial charge >= 0.3 is 0 Å². The normalized spacial score (nSPS) is 17.9. The first kappa shape index (κ1) is 22.6. The van der Waals surface area contributed by atoms with E-state index in [1.807, 2.05) is 14.0 Å². The van der Waals surface area contributed by atoms with Gasteiger partial charge in [-0.1, -0.05) is 0 Å². The Morgan fingerprint density at radius 2 is 2.00 bits per heavy atom. The second-order valence-electron chi connectivity index (χ2n) is 5.76. The molecule has 0 saturated carbocycles. The Hall–Kier alpha value is -1.37. The number of piperidine rings is 1. The highest BCUT2D eigenvalue weighted by molar-refractivity contribution is 5.94. The third-order valence-electron chi connectivity index (χ3n) is 4.08. The maximum Gasteiger partial charge on any atom is 0.253 e. The molecule has 1 aromatic rings. The molecule has 0 spiro atoms. The molecule has 8 heteroatoms. The molecule has 2 rings (SSSR count). The van der Waals surface area contributed by atoms with Crippen LogP contribution in [0, 0.1) is 5.92 Å². The third kappa shape index (κ3) is 6.26. The Morgan fingerprint density at radius 3 is 2.62 bits per heavy atom. The van der Waals surface area contributed by atoms with Crippen molar-refractivity contribution in [3.05, 3.63) is 30.1 Å². The molecule has 136 valence electrons. The number of hydrogen-bond acceptors (Lipinski definition) is 4. The van der Waals surface area contributed by atoms with Crippen LogP contribution in [-0.4, -0.2) is 54.4 Å². The number of amides is 2. The third-order valence-corrected chi connectivity index (χ3v) is 4.08. The van der Waals surface area contributed by atoms with Gasteiger partial charge < -0.3 is 15.5 Å². The zero-order valence-electron chi connectivity index (χ0n) is 14.0. The zero-order chi connectivity index (χ0) is 15.9. The molecule has 1 aromatic heterocycles. The van der Waals surface area contributed by atoms with Gasteiger partial charge in [0.05, 0.1) is 5.92 Å². The van der Waals surface area contributed by atoms with Crippen molar-refractivity contribution in [1.29, 1.82) is 0 Å². The zero-order valence-corrected chi connectivity index (χ0v) is 15.7. The van der Waals surface area contributed by atoms with E-state index in [0.717, 1.165) is 12.8 Å². The fraction of sp³-hybridized carbons (Fsp3) is 0.562. The summed E-state index contributed by atoms with van der Waals surface area (Å²) in [5, 5.41) is 6.04. The average molecular weight is 377 g/mol. The van der Waals surface area contributed by atoms with Crippen molar-refractivity contribution in [2.45, 2.75) is 25.8 Å². The Balaban J connectivity index is 0.00000264. The SMILES string of the molecule is CNC(C)CNC(=O)C1CCCN(C(=O)c2ccncc2)C1.Cl.Cl. The van der Waals surface area contributed by atoms with Gasteiger partial charge in [0.2, 0.25) is 5.91 Å². The van der Waals surface area contributed by atoms with E-state index in [-0.39, 0.29) is 48.6 Å². The molecular weight excluding hydrogens is 351 g/mol. The molecule has 2 atom stereocenters. The van der Waals surface area contributed by atoms with Crippen molar-refractivity contribution >= 4 is 36.6 Å². The number of pyridine rings is 1. The number of likely N-dealkylation sites (N-methyl/N-ethyl adjacent to an activating group) is 1. The molecular formula is C16H26Cl2N4O2. The van der Waals surface area contributed by atoms with Crippen LogP contribution in [0.25, 0.3) is 0 Å². The second kappa shape index (κ2) is 11.2. The minimum absolute atomic E-state index is 0. The molecule has 2 unspecified atom stereocenters. The van der Waals surface area contributed by atoms with Gasteiger partial charge in [0.25, 0.3) is 5.91 Å². The molecule has 24 heavy (non-hydrogen) atoms. The fourth-order valence-electron chi connectivity index (χ4n) is 2.55. The van der Waals surface area contributed by atoms with Gasteiger partial charge in [-0.3, -0.25) is 14.6 Å². The Kier molecular flexibility index (Phi) is 10.6. The fourth-order valence-corrected chi connectivity index (χ4v) is 2.55. The first-order chi connectivity index (χ1) is 10.6. The topological polar surface area (TPSA) is 74.3 Å². The summed E-state index contributed by atoms with van der Waals surface area (Å²) in [6, 6.07) is 3.66. The highest BCUT2D eigenvalue weighted by Crippen LogP contribution is 2.18. The molecule has 2 heterocycles. The Morgan fingerprint density at radius 1 is 1.33 bits per heavy atom. The number of carbonyl (C=O) groups is 2. The average Bonchev–Trinajstić information content (AvgIpc) is 2.59. The molecule has 1 saturated heterocycles. The highest BCUT2D eigenvalue weighted by atomic mass is 35.5. The van der Waals surface area contributed by atoms with Gasteiger partial charge in [-0.15, -0.1) is 24.8 Å². The molecule has 0 aromatic carbocycles. The van der Waals surface area contributed by atoms with Gasteiger partial charge in [0.1, 0.15) is 0 Å². The van der Waals surface area contributed by atoms with Crippen molar-refractivity contribution in [1.82, 2.24) is 20.5 Å². The summed E-state index contributed by atoms with van der Waals surface area (Å²) in [6.07, 6.45) is 4.91. The van der Waals surface area contributed by atoms with E-state index in [0.29, 0.717) is 25.2 Å². The second-order valence-corrected chi connectivity index (χ2v) is 5.76. The quantitative estimate of drug-likeness (QED) is 0.816. The summed E-state index contributed by atoms with van der Waals surface area (Å²) in [5.74, 6) is -0.110. The molecule has 0 aliphatic carbocycles. The summed E-state index contributed by atoms with van der Waals surface area (Å²) in [4.78, 5) is 30.4. The summed E-state index contributed by atoms with van der Waals surface area (Å²) >= 11 is 0. The summed E-state index contributed by atoms with van der Waals surface area (Å²) < 4.78 is 0. The molecule has 1 fully saturated rings. The van der Waals surface area contributed by atoms with Crippen LogP contribution in [-0.2, 0) is 4.79 Å². The summed E-state index contributed by atoms with van der Waals surface area (Å²) in [6.45, 7) is 3.81. The number of halogens is 2. The number of likely N-dealkylation sites (tertiary alicyclic amines) is 1. The molecule has 2 N–H and O–H groups in total. The van der Waals surface area contributed by atoms with Crippen LogP contribution in [0.4, 0.5) is 0 Å². The summed E-state index contributed by atoms with van der Waals surface area (Å²) in [7, 11) is 1.87. The van der Waals surface area contributed by atoms with E-state index in [9.17, 15) is 9.59 Å². The van der Waals surface area contributed by atoms with Crippen LogP contribution in [0.1, 0.15) is 30.1 Å². The largest absolute Gasteiger partial charge is 0.354 e. The molecule has 1 aliphatic rings. The molecule has 0 bridgehead atoms. The van der Waals surface area contributed by atoms with Gasteiger partial charge in [0.15, 0.2) is 0 Å². The van der Waals surface area contributed by atoms with E-state index >= 15 is 0 Å². The lowest BCUT2D eigenvalue weighted by Gasteiger charge is -2.32. The van der Waals surface area contributed by atoms with E-state index in [2.05, 4.69) is 15.6 Å². The number of carbonyl (C=O) groups excluding carboxylic acids is 2. The van der Waals surface area contributed by atoms with Crippen LogP contribution in [0.2, 0.25) is 0 Å². The first-order valence-electron chi connectivity index (χ1n) is 7.76. The maximum absolute atomic E-state index is 12.4. The lowest BCUT2D eigenvalue weighted by Crippen LogP contribution is -2.47. The van der Waals surface area contributed by atoms with Gasteiger partial charge in [-0.2, -0.15) is 0 Å². The highest BCUT2D eigenvalue weighted by Gasteiger charge is 2.28. The van der Waals surface area contributed by atoms with E-state index < -0.39 is 0 Å². The van der Waals surface area contributed by atoms with Crippen molar-refractivity contribution in [2.24, 2.45) is 5.92 Å². The minimum Gasteiger partial charge on any atom is -0.354 e. The van der Waals surface area contributed by atoms with E-state index in [1.165, 1.54) is 0 Å². The number of rotatable bonds is 5. The number of aromatic nitrogens is 1. The molecule has 6 nitrogen and oxygen atoms in total. The van der Waals surface area contributed by atoms with Crippen LogP contribution in [0.15, 0.2) is 24.5 Å². The van der Waals surface area contributed by atoms with Gasteiger partial charge in [-0.25, -0.2) is 0 Å². The van der Waals surface area contributed by atoms with Crippen molar-refractivity contribution < 1.29 is 9.59 Å². The Labute approximate surface area is 155 Å². The van der Waals surface area contributed by atoms with E-state index in [4.69, 9.17) is 0 Å². The maximum atomic E-state index is 12.4. The van der Waals surface area contributed by atoms with Crippen molar-refractivity contribution in [3.63, 3.8) is 0 Å². The van der Waals surface area contributed by atoms with Crippen molar-refractivity contribution in [3.8, 4) is 0 Å². The molecule has 2 amide bonds. The monoisotopic (exact) mass is 376 g/mol. The van der Waals surface area contributed by atoms with Crippen molar-refractivity contribution in [2.75, 3.05) is 26.7 Å². The number of nitrogens with one attached hydrogen (secondary N) is 2. The lowest BCUT2D eigenvalue weighted by atomic mass is 9.96. The number of hydrogen-bond donors (Lipinski definition) is 2. The standard InChI is InChI=1S/C16H24N4O2.2ClH/c1-12(17-2)10-19-15(21)14-4-3-9-20(11-14)16(22)13-5-7-18-8-6-13;;/h5-8,12,14,17H,3-4,9-11H2,1-2H3,(H,19,21);2*1H.